The van der Waals surface area contributed by atoms with Crippen LogP contribution in [0.2, 0.25) is 0 Å². The second-order valence-corrected chi connectivity index (χ2v) is 5.99. The first-order valence-corrected chi connectivity index (χ1v) is 8.29. The van der Waals surface area contributed by atoms with Gasteiger partial charge in [0.05, 0.1) is 24.0 Å². The normalized spacial score (nSPS) is 10.8. The summed E-state index contributed by atoms with van der Waals surface area (Å²) >= 11 is 0. The van der Waals surface area contributed by atoms with Crippen LogP contribution >= 0.6 is 0 Å². The number of hydrogen-bond acceptors (Lipinski definition) is 6. The number of aromatic hydroxyl groups is 1. The Kier molecular flexibility index (Phi) is 4.15. The maximum Gasteiger partial charge on any atom is 0.229 e. The molecule has 6 nitrogen and oxygen atoms in total. The summed E-state index contributed by atoms with van der Waals surface area (Å²) in [6, 6.07) is 16.9. The van der Waals surface area contributed by atoms with E-state index in [1.54, 1.807) is 12.3 Å². The van der Waals surface area contributed by atoms with Crippen molar-refractivity contribution in [3.63, 3.8) is 0 Å². The van der Waals surface area contributed by atoms with Crippen LogP contribution in [0, 0.1) is 6.92 Å². The number of phenols is 1. The summed E-state index contributed by atoms with van der Waals surface area (Å²) < 4.78 is 5.37. The quantitative estimate of drug-likeness (QED) is 0.458. The van der Waals surface area contributed by atoms with Crippen molar-refractivity contribution in [2.24, 2.45) is 0 Å². The lowest BCUT2D eigenvalue weighted by Gasteiger charge is -2.12. The fraction of sp³-hybridized carbons (Fsp3) is 0.100. The lowest BCUT2D eigenvalue weighted by molar-refractivity contribution is 0.477. The van der Waals surface area contributed by atoms with E-state index in [-0.39, 0.29) is 5.75 Å². The highest BCUT2D eigenvalue weighted by Gasteiger charge is 2.10. The number of nitrogens with zero attached hydrogens (tertiary/aromatic N) is 2. The van der Waals surface area contributed by atoms with Crippen LogP contribution in [0.1, 0.15) is 11.3 Å². The first-order chi connectivity index (χ1) is 12.7. The zero-order valence-electron chi connectivity index (χ0n) is 14.2. The highest BCUT2D eigenvalue weighted by molar-refractivity contribution is 5.90. The highest BCUT2D eigenvalue weighted by atomic mass is 16.3. The molecule has 2 heterocycles. The van der Waals surface area contributed by atoms with Crippen LogP contribution in [0.4, 0.5) is 17.5 Å². The Hall–Kier alpha value is -3.54. The summed E-state index contributed by atoms with van der Waals surface area (Å²) in [5, 5.41) is 17.4. The molecule has 6 heteroatoms. The van der Waals surface area contributed by atoms with Gasteiger partial charge in [0.15, 0.2) is 0 Å². The van der Waals surface area contributed by atoms with E-state index in [1.807, 2.05) is 55.5 Å². The van der Waals surface area contributed by atoms with Crippen molar-refractivity contribution in [2.45, 2.75) is 13.5 Å². The number of nitrogens with one attached hydrogen (secondary N) is 2. The fourth-order valence-electron chi connectivity index (χ4n) is 2.72. The molecule has 130 valence electrons. The van der Waals surface area contributed by atoms with Crippen LogP contribution in [0.3, 0.4) is 0 Å². The van der Waals surface area contributed by atoms with E-state index in [2.05, 4.69) is 20.6 Å². The van der Waals surface area contributed by atoms with Crippen molar-refractivity contribution in [1.82, 2.24) is 9.97 Å². The number of anilines is 3. The highest BCUT2D eigenvalue weighted by Crippen LogP contribution is 2.28. The van der Waals surface area contributed by atoms with Gasteiger partial charge in [-0.3, -0.25) is 0 Å². The van der Waals surface area contributed by atoms with Gasteiger partial charge >= 0.3 is 0 Å². The molecule has 0 bridgehead atoms. The van der Waals surface area contributed by atoms with Gasteiger partial charge in [-0.2, -0.15) is 4.98 Å². The Morgan fingerprint density at radius 3 is 2.77 bits per heavy atom. The maximum absolute atomic E-state index is 10.1. The molecular weight excluding hydrogens is 328 g/mol. The van der Waals surface area contributed by atoms with Gasteiger partial charge in [-0.05, 0) is 48.9 Å². The number of aromatic nitrogens is 2. The average molecular weight is 346 g/mol. The second-order valence-electron chi connectivity index (χ2n) is 5.99. The van der Waals surface area contributed by atoms with Crippen LogP contribution < -0.4 is 10.6 Å². The molecular formula is C20H18N4O2. The number of rotatable bonds is 5. The van der Waals surface area contributed by atoms with Gasteiger partial charge in [-0.15, -0.1) is 0 Å². The molecule has 26 heavy (non-hydrogen) atoms. The Balaban J connectivity index is 1.69. The van der Waals surface area contributed by atoms with Crippen LogP contribution in [-0.4, -0.2) is 15.1 Å². The van der Waals surface area contributed by atoms with Crippen molar-refractivity contribution < 1.29 is 9.52 Å². The second kappa shape index (κ2) is 6.76. The Bertz CT molecular complexity index is 1050. The van der Waals surface area contributed by atoms with Gasteiger partial charge in [0.2, 0.25) is 5.95 Å². The van der Waals surface area contributed by atoms with Crippen molar-refractivity contribution in [2.75, 3.05) is 10.6 Å². The fourth-order valence-corrected chi connectivity index (χ4v) is 2.72. The van der Waals surface area contributed by atoms with E-state index in [4.69, 9.17) is 4.42 Å². The molecule has 0 aliphatic rings. The van der Waals surface area contributed by atoms with Gasteiger partial charge in [-0.1, -0.05) is 18.2 Å². The Morgan fingerprint density at radius 2 is 1.92 bits per heavy atom. The van der Waals surface area contributed by atoms with Gasteiger partial charge in [0, 0.05) is 5.39 Å². The minimum absolute atomic E-state index is 0.150. The van der Waals surface area contributed by atoms with Crippen molar-refractivity contribution in [3.05, 3.63) is 72.2 Å². The maximum atomic E-state index is 10.1. The molecule has 0 radical (unpaired) electrons. The van der Waals surface area contributed by atoms with Gasteiger partial charge in [0.25, 0.3) is 0 Å². The molecule has 0 saturated carbocycles. The minimum atomic E-state index is 0.150. The van der Waals surface area contributed by atoms with Crippen molar-refractivity contribution >= 4 is 28.4 Å². The molecule has 0 spiro atoms. The molecule has 0 aliphatic heterocycles. The summed E-state index contributed by atoms with van der Waals surface area (Å²) in [6.45, 7) is 2.48. The SMILES string of the molecule is Cc1ccc(O)c(Nc2nc(NCc3ccco3)c3ccccc3n2)c1. The molecule has 0 unspecified atom stereocenters. The van der Waals surface area contributed by atoms with Crippen LogP contribution in [0.5, 0.6) is 5.75 Å². The molecule has 4 rings (SSSR count). The molecule has 2 aromatic heterocycles. The molecule has 0 saturated heterocycles. The largest absolute Gasteiger partial charge is 0.506 e. The number of phenolic OH excluding ortho intramolecular Hbond substituents is 1. The number of aryl methyl sites for hydroxylation is 1. The topological polar surface area (TPSA) is 83.2 Å². The summed E-state index contributed by atoms with van der Waals surface area (Å²) in [5.74, 6) is 2.07. The predicted molar refractivity (Wildman–Crippen MR) is 102 cm³/mol. The van der Waals surface area contributed by atoms with E-state index in [9.17, 15) is 5.11 Å². The van der Waals surface area contributed by atoms with Crippen molar-refractivity contribution in [3.8, 4) is 5.75 Å². The molecule has 4 aromatic rings. The van der Waals surface area contributed by atoms with Crippen LogP contribution in [-0.2, 0) is 6.54 Å². The van der Waals surface area contributed by atoms with Gasteiger partial charge in [-0.25, -0.2) is 4.98 Å². The molecule has 3 N–H and O–H groups in total. The number of para-hydroxylation sites is 1. The number of hydrogen-bond donors (Lipinski definition) is 3. The minimum Gasteiger partial charge on any atom is -0.506 e. The summed E-state index contributed by atoms with van der Waals surface area (Å²) in [7, 11) is 0. The molecule has 0 fully saturated rings. The third kappa shape index (κ3) is 3.30. The van der Waals surface area contributed by atoms with Crippen LogP contribution in [0.25, 0.3) is 10.9 Å². The number of furan rings is 1. The Morgan fingerprint density at radius 1 is 1.04 bits per heavy atom. The molecule has 0 aliphatic carbocycles. The first-order valence-electron chi connectivity index (χ1n) is 8.29. The van der Waals surface area contributed by atoms with E-state index < -0.39 is 0 Å². The van der Waals surface area contributed by atoms with E-state index in [0.29, 0.717) is 24.0 Å². The van der Waals surface area contributed by atoms with E-state index in [0.717, 1.165) is 22.2 Å². The molecule has 2 aromatic carbocycles. The van der Waals surface area contributed by atoms with E-state index >= 15 is 0 Å². The Labute approximate surface area is 150 Å². The monoisotopic (exact) mass is 346 g/mol. The third-order valence-corrected chi connectivity index (χ3v) is 4.01. The predicted octanol–water partition coefficient (Wildman–Crippen LogP) is 4.59. The van der Waals surface area contributed by atoms with Crippen molar-refractivity contribution in [1.29, 1.82) is 0 Å². The first kappa shape index (κ1) is 16.0. The third-order valence-electron chi connectivity index (χ3n) is 4.01. The molecule has 0 amide bonds. The lowest BCUT2D eigenvalue weighted by Crippen LogP contribution is -2.05. The summed E-state index contributed by atoms with van der Waals surface area (Å²) in [6.07, 6.45) is 1.64. The standard InChI is InChI=1S/C20H18N4O2/c1-13-8-9-18(25)17(11-13)23-20-22-16-7-3-2-6-15(16)19(24-20)21-12-14-5-4-10-26-14/h2-11,25H,12H2,1H3,(H2,21,22,23,24). The zero-order valence-corrected chi connectivity index (χ0v) is 14.2. The average Bonchev–Trinajstić information content (AvgIpc) is 3.16. The zero-order chi connectivity index (χ0) is 17.9. The summed E-state index contributed by atoms with van der Waals surface area (Å²) in [4.78, 5) is 9.13. The molecule has 0 atom stereocenters. The van der Waals surface area contributed by atoms with Crippen LogP contribution in [0.15, 0.2) is 65.3 Å². The van der Waals surface area contributed by atoms with Gasteiger partial charge in [0.1, 0.15) is 17.3 Å². The summed E-state index contributed by atoms with van der Waals surface area (Å²) in [5.41, 5.74) is 2.40. The van der Waals surface area contributed by atoms with Gasteiger partial charge < -0.3 is 20.2 Å². The lowest BCUT2D eigenvalue weighted by atomic mass is 10.2. The van der Waals surface area contributed by atoms with E-state index in [1.165, 1.54) is 0 Å². The number of benzene rings is 2. The smallest absolute Gasteiger partial charge is 0.229 e. The number of fused-ring (bicyclic) bond motifs is 1.